The SMILES string of the molecule is CCOC(=O)N(CC(=O)OC(=O)N1CCCC1)c1cnc2c(ccn2S(=O)(=O)c2ccc(C)cc2)n1. The van der Waals surface area contributed by atoms with E-state index in [2.05, 4.69) is 9.97 Å². The molecule has 1 saturated heterocycles. The van der Waals surface area contributed by atoms with Gasteiger partial charge in [-0.2, -0.15) is 0 Å². The van der Waals surface area contributed by atoms with Gasteiger partial charge in [-0.3, -0.25) is 0 Å². The van der Waals surface area contributed by atoms with Gasteiger partial charge in [-0.1, -0.05) is 17.7 Å². The van der Waals surface area contributed by atoms with E-state index < -0.39 is 34.7 Å². The predicted octanol–water partition coefficient (Wildman–Crippen LogP) is 2.70. The van der Waals surface area contributed by atoms with Crippen LogP contribution in [0, 0.1) is 6.92 Å². The van der Waals surface area contributed by atoms with E-state index in [4.69, 9.17) is 9.47 Å². The van der Waals surface area contributed by atoms with Crippen molar-refractivity contribution in [3.63, 3.8) is 0 Å². The molecule has 0 atom stereocenters. The van der Waals surface area contributed by atoms with Crippen molar-refractivity contribution in [2.24, 2.45) is 0 Å². The summed E-state index contributed by atoms with van der Waals surface area (Å²) in [4.78, 5) is 48.0. The van der Waals surface area contributed by atoms with Gasteiger partial charge in [0.1, 0.15) is 12.1 Å². The molecule has 3 heterocycles. The highest BCUT2D eigenvalue weighted by atomic mass is 32.2. The molecule has 190 valence electrons. The smallest absolute Gasteiger partial charge is 0.417 e. The van der Waals surface area contributed by atoms with Gasteiger partial charge in [0.15, 0.2) is 11.5 Å². The minimum atomic E-state index is -3.95. The number of hydrogen-bond acceptors (Lipinski definition) is 9. The van der Waals surface area contributed by atoms with Crippen LogP contribution >= 0.6 is 0 Å². The van der Waals surface area contributed by atoms with Gasteiger partial charge in [-0.25, -0.2) is 41.6 Å². The fraction of sp³-hybridized carbons (Fsp3) is 0.348. The van der Waals surface area contributed by atoms with Crippen molar-refractivity contribution < 1.29 is 32.3 Å². The quantitative estimate of drug-likeness (QED) is 0.358. The van der Waals surface area contributed by atoms with E-state index in [9.17, 15) is 22.8 Å². The number of likely N-dealkylation sites (tertiary alicyclic amines) is 1. The highest BCUT2D eigenvalue weighted by Gasteiger charge is 2.28. The second kappa shape index (κ2) is 10.3. The molecule has 1 aromatic carbocycles. The molecule has 0 saturated carbocycles. The third-order valence-electron chi connectivity index (χ3n) is 5.54. The van der Waals surface area contributed by atoms with Crippen LogP contribution in [0.3, 0.4) is 0 Å². The zero-order valence-corrected chi connectivity index (χ0v) is 20.6. The lowest BCUT2D eigenvalue weighted by Crippen LogP contribution is -2.40. The number of aromatic nitrogens is 3. The van der Waals surface area contributed by atoms with Gasteiger partial charge in [0.25, 0.3) is 10.0 Å². The Morgan fingerprint density at radius 1 is 1.08 bits per heavy atom. The van der Waals surface area contributed by atoms with E-state index in [1.165, 1.54) is 29.3 Å². The van der Waals surface area contributed by atoms with Crippen molar-refractivity contribution in [3.8, 4) is 0 Å². The highest BCUT2D eigenvalue weighted by Crippen LogP contribution is 2.23. The molecule has 0 aliphatic carbocycles. The van der Waals surface area contributed by atoms with Crippen molar-refractivity contribution in [1.29, 1.82) is 0 Å². The van der Waals surface area contributed by atoms with Gasteiger partial charge in [0, 0.05) is 19.3 Å². The van der Waals surface area contributed by atoms with Crippen molar-refractivity contribution in [3.05, 3.63) is 48.3 Å². The van der Waals surface area contributed by atoms with Crippen LogP contribution in [0.2, 0.25) is 0 Å². The molecule has 1 fully saturated rings. The molecule has 1 aliphatic rings. The first-order valence-electron chi connectivity index (χ1n) is 11.3. The Labute approximate surface area is 207 Å². The Morgan fingerprint density at radius 2 is 1.78 bits per heavy atom. The van der Waals surface area contributed by atoms with Crippen molar-refractivity contribution in [2.45, 2.75) is 31.6 Å². The number of amides is 2. The maximum absolute atomic E-state index is 13.1. The van der Waals surface area contributed by atoms with Crippen LogP contribution in [0.4, 0.5) is 15.4 Å². The van der Waals surface area contributed by atoms with Gasteiger partial charge in [-0.15, -0.1) is 0 Å². The van der Waals surface area contributed by atoms with E-state index in [1.807, 2.05) is 6.92 Å². The number of ether oxygens (including phenoxy) is 2. The fourth-order valence-corrected chi connectivity index (χ4v) is 4.99. The number of anilines is 1. The summed E-state index contributed by atoms with van der Waals surface area (Å²) in [5.41, 5.74) is 1.12. The highest BCUT2D eigenvalue weighted by molar-refractivity contribution is 7.90. The van der Waals surface area contributed by atoms with Gasteiger partial charge < -0.3 is 14.4 Å². The van der Waals surface area contributed by atoms with E-state index in [0.29, 0.717) is 13.1 Å². The molecule has 13 heteroatoms. The molecule has 2 amide bonds. The van der Waals surface area contributed by atoms with E-state index in [0.717, 1.165) is 33.5 Å². The monoisotopic (exact) mass is 515 g/mol. The van der Waals surface area contributed by atoms with Crippen LogP contribution in [-0.2, 0) is 24.3 Å². The molecule has 12 nitrogen and oxygen atoms in total. The lowest BCUT2D eigenvalue weighted by atomic mass is 10.2. The van der Waals surface area contributed by atoms with Crippen LogP contribution in [0.25, 0.3) is 11.2 Å². The topological polar surface area (TPSA) is 141 Å². The Bertz CT molecular complexity index is 1400. The standard InChI is InChI=1S/C23H25N5O7S/c1-3-34-23(31)27(15-20(29)35-22(30)26-11-4-5-12-26)19-14-24-21-18(25-19)10-13-28(21)36(32,33)17-8-6-16(2)7-9-17/h6-10,13-14H,3-5,11-12,15H2,1-2H3. The van der Waals surface area contributed by atoms with Crippen LogP contribution in [0.15, 0.2) is 47.6 Å². The maximum Gasteiger partial charge on any atom is 0.417 e. The van der Waals surface area contributed by atoms with Gasteiger partial charge >= 0.3 is 18.2 Å². The second-order valence-electron chi connectivity index (χ2n) is 8.09. The molecule has 1 aliphatic heterocycles. The number of hydrogen-bond donors (Lipinski definition) is 0. The summed E-state index contributed by atoms with van der Waals surface area (Å²) in [6.45, 7) is 3.81. The summed E-state index contributed by atoms with van der Waals surface area (Å²) in [5.74, 6) is -1.04. The Kier molecular flexibility index (Phi) is 7.20. The van der Waals surface area contributed by atoms with E-state index in [-0.39, 0.29) is 28.5 Å². The Balaban J connectivity index is 1.60. The minimum absolute atomic E-state index is 0.0257. The average Bonchev–Trinajstić information content (AvgIpc) is 3.53. The van der Waals surface area contributed by atoms with Crippen LogP contribution < -0.4 is 4.90 Å². The number of esters is 1. The van der Waals surface area contributed by atoms with E-state index in [1.54, 1.807) is 19.1 Å². The summed E-state index contributed by atoms with van der Waals surface area (Å²) < 4.78 is 37.1. The van der Waals surface area contributed by atoms with Crippen LogP contribution in [-0.4, -0.2) is 71.7 Å². The summed E-state index contributed by atoms with van der Waals surface area (Å²) in [5, 5.41) is 0. The molecule has 4 rings (SSSR count). The van der Waals surface area contributed by atoms with Gasteiger partial charge in [0.2, 0.25) is 0 Å². The first kappa shape index (κ1) is 25.1. The first-order chi connectivity index (χ1) is 17.2. The number of rotatable bonds is 6. The molecule has 2 aromatic heterocycles. The second-order valence-corrected chi connectivity index (χ2v) is 9.90. The van der Waals surface area contributed by atoms with Crippen molar-refractivity contribution in [2.75, 3.05) is 31.1 Å². The third-order valence-corrected chi connectivity index (χ3v) is 7.22. The predicted molar refractivity (Wildman–Crippen MR) is 128 cm³/mol. The van der Waals surface area contributed by atoms with Crippen LogP contribution in [0.1, 0.15) is 25.3 Å². The molecule has 0 N–H and O–H groups in total. The zero-order chi connectivity index (χ0) is 25.9. The average molecular weight is 516 g/mol. The molecule has 3 aromatic rings. The summed E-state index contributed by atoms with van der Waals surface area (Å²) in [6, 6.07) is 7.79. The number of benzene rings is 1. The maximum atomic E-state index is 13.1. The first-order valence-corrected chi connectivity index (χ1v) is 12.7. The van der Waals surface area contributed by atoms with Gasteiger partial charge in [-0.05, 0) is 44.9 Å². The summed E-state index contributed by atoms with van der Waals surface area (Å²) >= 11 is 0. The largest absolute Gasteiger partial charge is 0.449 e. The number of carbonyl (C=O) groups excluding carboxylic acids is 3. The zero-order valence-electron chi connectivity index (χ0n) is 19.8. The Morgan fingerprint density at radius 3 is 2.44 bits per heavy atom. The minimum Gasteiger partial charge on any atom is -0.449 e. The van der Waals surface area contributed by atoms with Gasteiger partial charge in [0.05, 0.1) is 17.7 Å². The normalized spacial score (nSPS) is 13.6. The number of aryl methyl sites for hydroxylation is 1. The third kappa shape index (κ3) is 5.15. The summed E-state index contributed by atoms with van der Waals surface area (Å²) in [6.07, 6.45) is 2.43. The lowest BCUT2D eigenvalue weighted by molar-refractivity contribution is -0.136. The van der Waals surface area contributed by atoms with E-state index >= 15 is 0 Å². The fourth-order valence-electron chi connectivity index (χ4n) is 3.69. The molecular weight excluding hydrogens is 490 g/mol. The lowest BCUT2D eigenvalue weighted by Gasteiger charge is -2.20. The molecule has 0 unspecified atom stereocenters. The van der Waals surface area contributed by atoms with Crippen LogP contribution in [0.5, 0.6) is 0 Å². The Hall–Kier alpha value is -4.00. The number of fused-ring (bicyclic) bond motifs is 1. The molecule has 0 radical (unpaired) electrons. The number of carbonyl (C=O) groups is 3. The molecule has 36 heavy (non-hydrogen) atoms. The molecule has 0 spiro atoms. The number of nitrogens with zero attached hydrogens (tertiary/aromatic N) is 5. The van der Waals surface area contributed by atoms with Crippen molar-refractivity contribution in [1.82, 2.24) is 18.8 Å². The summed E-state index contributed by atoms with van der Waals surface area (Å²) in [7, 11) is -3.95. The molecular formula is C23H25N5O7S. The molecule has 0 bridgehead atoms. The van der Waals surface area contributed by atoms with Crippen molar-refractivity contribution >= 4 is 45.2 Å².